The van der Waals surface area contributed by atoms with Gasteiger partial charge >= 0.3 is 0 Å². The van der Waals surface area contributed by atoms with E-state index < -0.39 is 0 Å². The molecule has 0 saturated heterocycles. The van der Waals surface area contributed by atoms with Crippen LogP contribution in [0.15, 0.2) is 260 Å². The summed E-state index contributed by atoms with van der Waals surface area (Å²) >= 11 is 0. The molecule has 0 radical (unpaired) electrons. The predicted molar refractivity (Wildman–Crippen MR) is 279 cm³/mol. The molecule has 0 saturated carbocycles. The van der Waals surface area contributed by atoms with Crippen molar-refractivity contribution in [3.63, 3.8) is 0 Å². The van der Waals surface area contributed by atoms with Gasteiger partial charge in [-0.05, 0) is 112 Å². The Morgan fingerprint density at radius 2 is 1.52 bits per heavy atom. The zero-order valence-electron chi connectivity index (χ0n) is 36.3. The SMILES string of the molecule is C=C/C=C\C=C/Cn1c2ccc(-c3cccc(C(=C)/C=C\C=C/Nc4cccc5c4oc4ccccc45)c3)cc2c2ccc(C3=CC=C4CC3N(c3ccccc3)/C=C\C=C/C4=C)cc21. The number of fused-ring (bicyclic) bond motifs is 8. The van der Waals surface area contributed by atoms with Gasteiger partial charge in [-0.25, -0.2) is 0 Å². The Kier molecular flexibility index (Phi) is 11.4. The van der Waals surface area contributed by atoms with E-state index in [4.69, 9.17) is 4.42 Å². The summed E-state index contributed by atoms with van der Waals surface area (Å²) in [4.78, 5) is 2.40. The van der Waals surface area contributed by atoms with Crippen molar-refractivity contribution in [3.8, 4) is 11.1 Å². The highest BCUT2D eigenvalue weighted by Gasteiger charge is 2.28. The maximum absolute atomic E-state index is 6.18. The molecule has 2 bridgehead atoms. The molecule has 4 nitrogen and oxygen atoms in total. The number of furan rings is 1. The van der Waals surface area contributed by atoms with Gasteiger partial charge in [0.1, 0.15) is 5.58 Å². The largest absolute Gasteiger partial charge is 0.454 e. The van der Waals surface area contributed by atoms with Crippen LogP contribution in [0.1, 0.15) is 17.5 Å². The fraction of sp³-hybridized carbons (Fsp3) is 0.0492. The Bertz CT molecular complexity index is 3410. The molecule has 1 atom stereocenters. The zero-order chi connectivity index (χ0) is 44.1. The average Bonchev–Trinajstić information content (AvgIpc) is 3.90. The highest BCUT2D eigenvalue weighted by atomic mass is 16.3. The lowest BCUT2D eigenvalue weighted by Crippen LogP contribution is -2.33. The van der Waals surface area contributed by atoms with Gasteiger partial charge in [0.2, 0.25) is 0 Å². The fourth-order valence-corrected chi connectivity index (χ4v) is 9.12. The topological polar surface area (TPSA) is 33.3 Å². The first kappa shape index (κ1) is 40.7. The summed E-state index contributed by atoms with van der Waals surface area (Å²) < 4.78 is 8.62. The number of para-hydroxylation sites is 3. The molecule has 0 fully saturated rings. The maximum Gasteiger partial charge on any atom is 0.158 e. The van der Waals surface area contributed by atoms with Crippen molar-refractivity contribution < 1.29 is 4.42 Å². The number of nitrogens with one attached hydrogen (secondary N) is 1. The lowest BCUT2D eigenvalue weighted by molar-refractivity contribution is 0.670. The molecule has 10 rings (SSSR count). The Morgan fingerprint density at radius 3 is 2.43 bits per heavy atom. The summed E-state index contributed by atoms with van der Waals surface area (Å²) in [5, 5.41) is 8.06. The van der Waals surface area contributed by atoms with Gasteiger partial charge in [0, 0.05) is 57.2 Å². The molecule has 1 N–H and O–H groups in total. The van der Waals surface area contributed by atoms with Gasteiger partial charge in [0.05, 0.1) is 11.7 Å². The van der Waals surface area contributed by atoms with E-state index in [0.717, 1.165) is 74.1 Å². The number of hydrogen-bond donors (Lipinski definition) is 1. The summed E-state index contributed by atoms with van der Waals surface area (Å²) in [6.07, 6.45) is 32.0. The van der Waals surface area contributed by atoms with Crippen LogP contribution in [0.2, 0.25) is 0 Å². The van der Waals surface area contributed by atoms with Crippen LogP contribution in [0.3, 0.4) is 0 Å². The van der Waals surface area contributed by atoms with E-state index >= 15 is 0 Å². The summed E-state index contributed by atoms with van der Waals surface area (Å²) in [5.74, 6) is 0. The third-order valence-electron chi connectivity index (χ3n) is 12.4. The van der Waals surface area contributed by atoms with Gasteiger partial charge in [0.25, 0.3) is 0 Å². The summed E-state index contributed by atoms with van der Waals surface area (Å²) in [7, 11) is 0. The summed E-state index contributed by atoms with van der Waals surface area (Å²) in [6, 6.07) is 47.6. The molecule has 0 amide bonds. The van der Waals surface area contributed by atoms with Crippen LogP contribution in [-0.2, 0) is 6.54 Å². The van der Waals surface area contributed by atoms with E-state index in [2.05, 4.69) is 186 Å². The minimum absolute atomic E-state index is 0.0877. The fourth-order valence-electron chi connectivity index (χ4n) is 9.12. The molecule has 4 heteroatoms. The van der Waals surface area contributed by atoms with E-state index in [9.17, 15) is 0 Å². The Balaban J connectivity index is 0.952. The van der Waals surface area contributed by atoms with Crippen molar-refractivity contribution in [3.05, 3.63) is 267 Å². The van der Waals surface area contributed by atoms with E-state index in [-0.39, 0.29) is 6.04 Å². The second-order valence-electron chi connectivity index (χ2n) is 16.4. The smallest absolute Gasteiger partial charge is 0.158 e. The Morgan fingerprint density at radius 1 is 0.692 bits per heavy atom. The van der Waals surface area contributed by atoms with E-state index in [1.165, 1.54) is 38.5 Å². The number of anilines is 2. The predicted octanol–water partition coefficient (Wildman–Crippen LogP) is 16.1. The normalized spacial score (nSPS) is 16.5. The van der Waals surface area contributed by atoms with Crippen LogP contribution >= 0.6 is 0 Å². The molecule has 2 aliphatic rings. The lowest BCUT2D eigenvalue weighted by Gasteiger charge is -2.35. The molecule has 1 aliphatic heterocycles. The quantitative estimate of drug-likeness (QED) is 0.124. The standard InChI is InChI=1S/C61H49N3O/c1-4-5-6-7-16-38-64-57-35-32-48(47-23-18-22-45(39-47)43(2)20-13-15-36-62-56-28-19-27-54-53-26-11-12-29-60(53)65-61(54)56)40-55(57)52-34-31-49(42-59(52)64)51-33-30-46-41-58(51)63(37-17-14-21-44(46)3)50-24-9-8-10-25-50/h4-37,39-40,42,58,62H,1-3,38,41H2/b6-5-,16-7-,20-13-,21-14-,36-15-,37-17-. The monoisotopic (exact) mass is 839 g/mol. The van der Waals surface area contributed by atoms with E-state index in [1.54, 1.807) is 6.08 Å². The van der Waals surface area contributed by atoms with E-state index in [0.29, 0.717) is 0 Å². The third-order valence-corrected chi connectivity index (χ3v) is 12.4. The number of nitrogens with zero attached hydrogens (tertiary/aromatic N) is 2. The zero-order valence-corrected chi connectivity index (χ0v) is 36.3. The highest BCUT2D eigenvalue weighted by molar-refractivity contribution is 6.11. The Hall–Kier alpha value is -8.34. The summed E-state index contributed by atoms with van der Waals surface area (Å²) in [5.41, 5.74) is 15.3. The first-order chi connectivity index (χ1) is 32.0. The molecular weight excluding hydrogens is 791 g/mol. The third kappa shape index (κ3) is 8.22. The van der Waals surface area contributed by atoms with Crippen molar-refractivity contribution in [2.75, 3.05) is 10.2 Å². The number of benzene rings is 6. The van der Waals surface area contributed by atoms with Gasteiger partial charge < -0.3 is 19.2 Å². The highest BCUT2D eigenvalue weighted by Crippen LogP contribution is 2.40. The van der Waals surface area contributed by atoms with Crippen LogP contribution in [0.4, 0.5) is 11.4 Å². The van der Waals surface area contributed by atoms with Crippen LogP contribution in [0.25, 0.3) is 66.0 Å². The molecule has 1 aliphatic carbocycles. The minimum atomic E-state index is 0.0877. The number of aromatic nitrogens is 1. The molecule has 1 unspecified atom stereocenters. The molecule has 314 valence electrons. The molecule has 65 heavy (non-hydrogen) atoms. The van der Waals surface area contributed by atoms with Crippen LogP contribution in [0.5, 0.6) is 0 Å². The van der Waals surface area contributed by atoms with E-state index in [1.807, 2.05) is 66.9 Å². The van der Waals surface area contributed by atoms with Gasteiger partial charge in [0.15, 0.2) is 5.58 Å². The molecule has 0 spiro atoms. The molecule has 6 aromatic carbocycles. The van der Waals surface area contributed by atoms with Crippen LogP contribution < -0.4 is 10.2 Å². The average molecular weight is 840 g/mol. The summed E-state index contributed by atoms with van der Waals surface area (Å²) in [6.45, 7) is 13.4. The second-order valence-corrected chi connectivity index (χ2v) is 16.4. The molecule has 3 heterocycles. The number of allylic oxidation sites excluding steroid dienone is 15. The van der Waals surface area contributed by atoms with Crippen LogP contribution in [0, 0.1) is 0 Å². The van der Waals surface area contributed by atoms with Crippen molar-refractivity contribution in [2.45, 2.75) is 19.0 Å². The van der Waals surface area contributed by atoms with Gasteiger partial charge in [-0.2, -0.15) is 0 Å². The van der Waals surface area contributed by atoms with Crippen molar-refractivity contribution in [1.82, 2.24) is 4.57 Å². The molecule has 2 aromatic heterocycles. The van der Waals surface area contributed by atoms with Gasteiger partial charge in [-0.3, -0.25) is 0 Å². The minimum Gasteiger partial charge on any atom is -0.454 e. The van der Waals surface area contributed by atoms with Crippen molar-refractivity contribution >= 4 is 66.3 Å². The molecule has 8 aromatic rings. The molecular formula is C61H49N3O. The lowest BCUT2D eigenvalue weighted by atomic mass is 9.85. The van der Waals surface area contributed by atoms with Crippen LogP contribution in [-0.4, -0.2) is 10.6 Å². The maximum atomic E-state index is 6.18. The first-order valence-electron chi connectivity index (χ1n) is 22.1. The number of hydrogen-bond acceptors (Lipinski definition) is 3. The van der Waals surface area contributed by atoms with Crippen molar-refractivity contribution in [1.29, 1.82) is 0 Å². The van der Waals surface area contributed by atoms with Gasteiger partial charge in [-0.1, -0.05) is 172 Å². The number of rotatable bonds is 12. The van der Waals surface area contributed by atoms with Crippen molar-refractivity contribution in [2.24, 2.45) is 0 Å². The van der Waals surface area contributed by atoms with Gasteiger partial charge in [-0.15, -0.1) is 0 Å². The first-order valence-corrected chi connectivity index (χ1v) is 22.1. The Labute approximate surface area is 380 Å². The second kappa shape index (κ2) is 18.2.